The van der Waals surface area contributed by atoms with Crippen LogP contribution in [-0.2, 0) is 16.6 Å². The molecule has 3 aromatic carbocycles. The predicted octanol–water partition coefficient (Wildman–Crippen LogP) is 3.78. The summed E-state index contributed by atoms with van der Waals surface area (Å²) in [6.07, 6.45) is -0.602. The third-order valence-electron chi connectivity index (χ3n) is 4.62. The smallest absolute Gasteiger partial charge is 0.251 e. The molecule has 0 aliphatic carbocycles. The number of sulfonamides is 1. The molecule has 0 radical (unpaired) electrons. The highest BCUT2D eigenvalue weighted by Gasteiger charge is 2.29. The van der Waals surface area contributed by atoms with Crippen molar-refractivity contribution in [2.75, 3.05) is 5.32 Å². The number of nitrogens with one attached hydrogen (secondary N) is 3. The van der Waals surface area contributed by atoms with Gasteiger partial charge in [-0.25, -0.2) is 8.42 Å². The molecular formula is C21H18BrN3O3S. The van der Waals surface area contributed by atoms with E-state index in [2.05, 4.69) is 31.3 Å². The number of hydrogen-bond acceptors (Lipinski definition) is 4. The van der Waals surface area contributed by atoms with Crippen molar-refractivity contribution in [1.82, 2.24) is 10.0 Å². The predicted molar refractivity (Wildman–Crippen MR) is 115 cm³/mol. The summed E-state index contributed by atoms with van der Waals surface area (Å²) >= 11 is 3.38. The van der Waals surface area contributed by atoms with Gasteiger partial charge in [0.25, 0.3) is 5.91 Å². The molecule has 3 aromatic rings. The van der Waals surface area contributed by atoms with Crippen LogP contribution in [0.5, 0.6) is 0 Å². The highest BCUT2D eigenvalue weighted by molar-refractivity contribution is 9.10. The number of rotatable bonds is 4. The zero-order valence-corrected chi connectivity index (χ0v) is 17.6. The summed E-state index contributed by atoms with van der Waals surface area (Å²) < 4.78 is 28.5. The van der Waals surface area contributed by atoms with Crippen LogP contribution in [-0.4, -0.2) is 14.3 Å². The van der Waals surface area contributed by atoms with Crippen molar-refractivity contribution in [3.8, 4) is 0 Å². The van der Waals surface area contributed by atoms with Crippen molar-refractivity contribution in [2.45, 2.75) is 17.6 Å². The van der Waals surface area contributed by atoms with E-state index in [9.17, 15) is 13.2 Å². The number of para-hydroxylation sites is 1. The van der Waals surface area contributed by atoms with E-state index < -0.39 is 16.2 Å². The fourth-order valence-corrected chi connectivity index (χ4v) is 4.66. The Labute approximate surface area is 177 Å². The Bertz CT molecular complexity index is 1150. The van der Waals surface area contributed by atoms with Crippen molar-refractivity contribution in [3.63, 3.8) is 0 Å². The van der Waals surface area contributed by atoms with Crippen LogP contribution in [0.4, 0.5) is 5.69 Å². The number of anilines is 1. The highest BCUT2D eigenvalue weighted by atomic mass is 79.9. The summed E-state index contributed by atoms with van der Waals surface area (Å²) in [4.78, 5) is 12.6. The molecule has 6 nitrogen and oxygen atoms in total. The number of amides is 1. The number of halogens is 1. The summed E-state index contributed by atoms with van der Waals surface area (Å²) in [5, 5.41) is 6.05. The first-order valence-corrected chi connectivity index (χ1v) is 11.2. The minimum absolute atomic E-state index is 0.193. The minimum Gasteiger partial charge on any atom is -0.364 e. The Morgan fingerprint density at radius 1 is 0.966 bits per heavy atom. The molecule has 0 bridgehead atoms. The summed E-state index contributed by atoms with van der Waals surface area (Å²) in [5.41, 5.74) is 2.77. The molecule has 148 valence electrons. The van der Waals surface area contributed by atoms with Crippen LogP contribution >= 0.6 is 15.9 Å². The number of carbonyl (C=O) groups is 1. The van der Waals surface area contributed by atoms with Gasteiger partial charge in [0.2, 0.25) is 10.0 Å². The van der Waals surface area contributed by atoms with Gasteiger partial charge >= 0.3 is 0 Å². The maximum atomic E-state index is 12.5. The number of fused-ring (bicyclic) bond motifs is 1. The first-order chi connectivity index (χ1) is 13.9. The summed E-state index contributed by atoms with van der Waals surface area (Å²) in [6.45, 7) is 0.425. The van der Waals surface area contributed by atoms with Gasteiger partial charge in [0.15, 0.2) is 0 Å². The van der Waals surface area contributed by atoms with Gasteiger partial charge in [0.05, 0.1) is 5.69 Å². The maximum Gasteiger partial charge on any atom is 0.251 e. The molecule has 1 heterocycles. The maximum absolute atomic E-state index is 12.5. The first kappa shape index (κ1) is 19.6. The van der Waals surface area contributed by atoms with Gasteiger partial charge in [-0.1, -0.05) is 52.3 Å². The second-order valence-corrected chi connectivity index (χ2v) is 9.22. The zero-order chi connectivity index (χ0) is 20.4. The SMILES string of the molecule is O=C(NCc1ccc(Br)cc1)c1ccc(C2Nc3ccccc3S(=O)(=O)N2)cc1. The first-order valence-electron chi connectivity index (χ1n) is 8.93. The summed E-state index contributed by atoms with van der Waals surface area (Å²) in [6, 6.07) is 21.3. The van der Waals surface area contributed by atoms with Crippen LogP contribution in [0.15, 0.2) is 82.2 Å². The molecule has 0 saturated heterocycles. The Hall–Kier alpha value is -2.68. The van der Waals surface area contributed by atoms with Gasteiger partial charge in [0.1, 0.15) is 11.1 Å². The molecule has 1 aliphatic heterocycles. The molecule has 1 aliphatic rings. The van der Waals surface area contributed by atoms with Crippen molar-refractivity contribution in [3.05, 3.63) is 94.0 Å². The van der Waals surface area contributed by atoms with Crippen LogP contribution < -0.4 is 15.4 Å². The molecule has 4 rings (SSSR count). The molecule has 0 fully saturated rings. The lowest BCUT2D eigenvalue weighted by molar-refractivity contribution is 0.0951. The second kappa shape index (κ2) is 7.98. The van der Waals surface area contributed by atoms with E-state index in [-0.39, 0.29) is 10.8 Å². The Balaban J connectivity index is 1.45. The molecular weight excluding hydrogens is 454 g/mol. The molecule has 0 aromatic heterocycles. The van der Waals surface area contributed by atoms with Gasteiger partial charge in [-0.05, 0) is 47.5 Å². The monoisotopic (exact) mass is 471 g/mol. The van der Waals surface area contributed by atoms with Crippen LogP contribution in [0.3, 0.4) is 0 Å². The van der Waals surface area contributed by atoms with Crippen molar-refractivity contribution >= 4 is 37.5 Å². The van der Waals surface area contributed by atoms with Crippen molar-refractivity contribution in [2.24, 2.45) is 0 Å². The zero-order valence-electron chi connectivity index (χ0n) is 15.2. The lowest BCUT2D eigenvalue weighted by Gasteiger charge is -2.28. The Morgan fingerprint density at radius 2 is 1.66 bits per heavy atom. The van der Waals surface area contributed by atoms with Crippen LogP contribution in [0.25, 0.3) is 0 Å². The van der Waals surface area contributed by atoms with Gasteiger partial charge in [0, 0.05) is 16.6 Å². The third kappa shape index (κ3) is 4.34. The molecule has 1 atom stereocenters. The van der Waals surface area contributed by atoms with Gasteiger partial charge in [-0.2, -0.15) is 4.72 Å². The Morgan fingerprint density at radius 3 is 2.38 bits per heavy atom. The molecule has 1 unspecified atom stereocenters. The highest BCUT2D eigenvalue weighted by Crippen LogP contribution is 2.30. The second-order valence-electron chi connectivity index (χ2n) is 6.63. The van der Waals surface area contributed by atoms with Crippen LogP contribution in [0.1, 0.15) is 27.7 Å². The molecule has 0 spiro atoms. The van der Waals surface area contributed by atoms with E-state index in [1.165, 1.54) is 0 Å². The van der Waals surface area contributed by atoms with E-state index in [1.54, 1.807) is 48.5 Å². The largest absolute Gasteiger partial charge is 0.364 e. The molecule has 29 heavy (non-hydrogen) atoms. The Kier molecular flexibility index (Phi) is 5.40. The average molecular weight is 472 g/mol. The molecule has 0 saturated carbocycles. The standard InChI is InChI=1S/C21H18BrN3O3S/c22-17-11-5-14(6-12-17)13-23-21(26)16-9-7-15(8-10-16)20-24-18-3-1-2-4-19(18)29(27,28)25-20/h1-12,20,24-25H,13H2,(H,23,26). The van der Waals surface area contributed by atoms with E-state index in [4.69, 9.17) is 0 Å². The normalized spacial score (nSPS) is 17.1. The van der Waals surface area contributed by atoms with Gasteiger partial charge in [-0.15, -0.1) is 0 Å². The van der Waals surface area contributed by atoms with Gasteiger partial charge in [-0.3, -0.25) is 4.79 Å². The molecule has 8 heteroatoms. The lowest BCUT2D eigenvalue weighted by atomic mass is 10.1. The summed E-state index contributed by atoms with van der Waals surface area (Å²) in [7, 11) is -3.60. The fraction of sp³-hybridized carbons (Fsp3) is 0.0952. The van der Waals surface area contributed by atoms with E-state index in [0.717, 1.165) is 10.0 Å². The fourth-order valence-electron chi connectivity index (χ4n) is 3.09. The summed E-state index contributed by atoms with van der Waals surface area (Å²) in [5.74, 6) is -0.193. The van der Waals surface area contributed by atoms with Gasteiger partial charge < -0.3 is 10.6 Å². The quantitative estimate of drug-likeness (QED) is 0.540. The number of benzene rings is 3. The third-order valence-corrected chi connectivity index (χ3v) is 6.63. The minimum atomic E-state index is -3.60. The van der Waals surface area contributed by atoms with Crippen LogP contribution in [0, 0.1) is 0 Å². The van der Waals surface area contributed by atoms with E-state index in [0.29, 0.717) is 23.4 Å². The number of hydrogen-bond donors (Lipinski definition) is 3. The van der Waals surface area contributed by atoms with E-state index >= 15 is 0 Å². The average Bonchev–Trinajstić information content (AvgIpc) is 2.73. The topological polar surface area (TPSA) is 87.3 Å². The van der Waals surface area contributed by atoms with E-state index in [1.807, 2.05) is 24.3 Å². The molecule has 1 amide bonds. The lowest BCUT2D eigenvalue weighted by Crippen LogP contribution is -2.38. The number of carbonyl (C=O) groups excluding carboxylic acids is 1. The van der Waals surface area contributed by atoms with Crippen molar-refractivity contribution < 1.29 is 13.2 Å². The van der Waals surface area contributed by atoms with Crippen LogP contribution in [0.2, 0.25) is 0 Å². The van der Waals surface area contributed by atoms with Crippen molar-refractivity contribution in [1.29, 1.82) is 0 Å². The molecule has 3 N–H and O–H groups in total.